The van der Waals surface area contributed by atoms with Crippen LogP contribution < -0.4 is 0 Å². The Morgan fingerprint density at radius 1 is 1.00 bits per heavy atom. The Hall–Kier alpha value is -2.57. The maximum Gasteiger partial charge on any atom is 0.341 e. The van der Waals surface area contributed by atoms with Crippen molar-refractivity contribution in [3.63, 3.8) is 0 Å². The van der Waals surface area contributed by atoms with Crippen LogP contribution in [-0.2, 0) is 16.1 Å². The lowest BCUT2D eigenvalue weighted by atomic mass is 10.0. The van der Waals surface area contributed by atoms with Gasteiger partial charge in [0, 0.05) is 5.57 Å². The quantitative estimate of drug-likeness (QED) is 0.451. The Morgan fingerprint density at radius 3 is 2.18 bits per heavy atom. The second-order valence-corrected chi connectivity index (χ2v) is 5.01. The van der Waals surface area contributed by atoms with Gasteiger partial charge in [-0.1, -0.05) is 67.6 Å². The van der Waals surface area contributed by atoms with Crippen LogP contribution in [0.25, 0.3) is 5.57 Å². The van der Waals surface area contributed by atoms with Gasteiger partial charge in [-0.3, -0.25) is 0 Å². The number of rotatable bonds is 5. The van der Waals surface area contributed by atoms with Crippen molar-refractivity contribution in [2.75, 3.05) is 0 Å². The predicted octanol–water partition coefficient (Wildman–Crippen LogP) is 4.77. The van der Waals surface area contributed by atoms with Gasteiger partial charge in [0.2, 0.25) is 0 Å². The molecule has 2 rings (SSSR count). The average Bonchev–Trinajstić information content (AvgIpc) is 2.59. The third-order valence-electron chi connectivity index (χ3n) is 3.33. The van der Waals surface area contributed by atoms with Gasteiger partial charge in [-0.25, -0.2) is 4.79 Å². The largest absolute Gasteiger partial charge is 0.457 e. The van der Waals surface area contributed by atoms with Gasteiger partial charge in [-0.15, -0.1) is 5.73 Å². The van der Waals surface area contributed by atoms with E-state index in [-0.39, 0.29) is 12.6 Å². The number of esters is 1. The Morgan fingerprint density at radius 2 is 1.59 bits per heavy atom. The molecular weight excluding hydrogens is 272 g/mol. The molecule has 0 spiro atoms. The van der Waals surface area contributed by atoms with Crippen LogP contribution in [0, 0.1) is 0 Å². The minimum absolute atomic E-state index is 0.283. The number of hydrogen-bond acceptors (Lipinski definition) is 2. The van der Waals surface area contributed by atoms with Gasteiger partial charge in [0.15, 0.2) is 0 Å². The van der Waals surface area contributed by atoms with Gasteiger partial charge in [0.05, 0.1) is 5.57 Å². The van der Waals surface area contributed by atoms with Crippen molar-refractivity contribution in [2.24, 2.45) is 0 Å². The third kappa shape index (κ3) is 4.47. The molecule has 2 heteroatoms. The summed E-state index contributed by atoms with van der Waals surface area (Å²) in [5, 5.41) is 0. The summed E-state index contributed by atoms with van der Waals surface area (Å²) in [4.78, 5) is 12.1. The summed E-state index contributed by atoms with van der Waals surface area (Å²) in [7, 11) is 0. The van der Waals surface area contributed by atoms with Crippen LogP contribution in [0.1, 0.15) is 31.4 Å². The monoisotopic (exact) mass is 292 g/mol. The normalized spacial score (nSPS) is 9.73. The van der Waals surface area contributed by atoms with Crippen molar-refractivity contribution in [1.82, 2.24) is 0 Å². The van der Waals surface area contributed by atoms with Crippen molar-refractivity contribution < 1.29 is 9.53 Å². The molecule has 0 aliphatic carbocycles. The molecule has 0 saturated carbocycles. The summed E-state index contributed by atoms with van der Waals surface area (Å²) in [5.41, 5.74) is 6.75. The van der Waals surface area contributed by atoms with Crippen LogP contribution in [0.5, 0.6) is 0 Å². The highest BCUT2D eigenvalue weighted by Gasteiger charge is 2.06. The first-order valence-corrected chi connectivity index (χ1v) is 7.43. The smallest absolute Gasteiger partial charge is 0.341 e. The number of ether oxygens (including phenoxy) is 1. The zero-order valence-corrected chi connectivity index (χ0v) is 13.0. The van der Waals surface area contributed by atoms with E-state index in [4.69, 9.17) is 4.74 Å². The topological polar surface area (TPSA) is 26.3 Å². The first-order chi connectivity index (χ1) is 10.7. The Bertz CT molecular complexity index is 678. The van der Waals surface area contributed by atoms with Crippen molar-refractivity contribution in [2.45, 2.75) is 26.9 Å². The first kappa shape index (κ1) is 15.8. The molecule has 112 valence electrons. The molecule has 0 unspecified atom stereocenters. The molecule has 0 saturated heterocycles. The second kappa shape index (κ2) is 8.02. The van der Waals surface area contributed by atoms with E-state index >= 15 is 0 Å². The summed E-state index contributed by atoms with van der Waals surface area (Å²) in [6.45, 7) is 4.08. The highest BCUT2D eigenvalue weighted by Crippen LogP contribution is 2.17. The van der Waals surface area contributed by atoms with Crippen molar-refractivity contribution in [3.8, 4) is 0 Å². The molecule has 0 fully saturated rings. The minimum Gasteiger partial charge on any atom is -0.457 e. The van der Waals surface area contributed by atoms with Crippen LogP contribution in [0.15, 0.2) is 72.0 Å². The van der Waals surface area contributed by atoms with Gasteiger partial charge in [-0.05, 0) is 24.5 Å². The van der Waals surface area contributed by atoms with Crippen LogP contribution in [0.3, 0.4) is 0 Å². The standard InChI is InChI=1S/C20H20O2/c1-3-18(19-12-8-5-9-13-19)14-16(2)20(21)22-15-17-10-6-4-7-11-17/h4-13H,3,15H2,1-2H3. The highest BCUT2D eigenvalue weighted by molar-refractivity contribution is 5.89. The summed E-state index contributed by atoms with van der Waals surface area (Å²) in [5.74, 6) is -0.328. The zero-order valence-electron chi connectivity index (χ0n) is 13.0. The van der Waals surface area contributed by atoms with Crippen molar-refractivity contribution in [1.29, 1.82) is 0 Å². The molecule has 0 aliphatic rings. The molecule has 0 atom stereocenters. The Kier molecular flexibility index (Phi) is 5.76. The lowest BCUT2D eigenvalue weighted by molar-refractivity contribution is -0.140. The third-order valence-corrected chi connectivity index (χ3v) is 3.33. The van der Waals surface area contributed by atoms with E-state index < -0.39 is 0 Å². The van der Waals surface area contributed by atoms with Gasteiger partial charge >= 0.3 is 5.97 Å². The van der Waals surface area contributed by atoms with E-state index in [1.807, 2.05) is 60.7 Å². The lowest BCUT2D eigenvalue weighted by Gasteiger charge is -2.05. The zero-order chi connectivity index (χ0) is 15.8. The van der Waals surface area contributed by atoms with E-state index in [1.54, 1.807) is 6.92 Å². The summed E-state index contributed by atoms with van der Waals surface area (Å²) in [6, 6.07) is 19.6. The fourth-order valence-electron chi connectivity index (χ4n) is 2.11. The molecule has 0 bridgehead atoms. The van der Waals surface area contributed by atoms with Gasteiger partial charge in [0.1, 0.15) is 6.61 Å². The molecule has 0 radical (unpaired) electrons. The van der Waals surface area contributed by atoms with Gasteiger partial charge < -0.3 is 4.74 Å². The van der Waals surface area contributed by atoms with E-state index in [0.717, 1.165) is 23.1 Å². The second-order valence-electron chi connectivity index (χ2n) is 5.01. The molecule has 0 N–H and O–H groups in total. The fourth-order valence-corrected chi connectivity index (χ4v) is 2.11. The molecular formula is C20H20O2. The molecule has 0 aromatic heterocycles. The van der Waals surface area contributed by atoms with Crippen LogP contribution in [0.2, 0.25) is 0 Å². The molecule has 0 aliphatic heterocycles. The molecule has 0 amide bonds. The van der Waals surface area contributed by atoms with Crippen molar-refractivity contribution in [3.05, 3.63) is 83.1 Å². The van der Waals surface area contributed by atoms with E-state index in [1.165, 1.54) is 0 Å². The molecule has 0 heterocycles. The first-order valence-electron chi connectivity index (χ1n) is 7.43. The van der Waals surface area contributed by atoms with Crippen molar-refractivity contribution >= 4 is 11.5 Å². The maximum absolute atomic E-state index is 12.1. The molecule has 22 heavy (non-hydrogen) atoms. The molecule has 2 aromatic rings. The molecule has 2 aromatic carbocycles. The van der Waals surface area contributed by atoms with Crippen LogP contribution >= 0.6 is 0 Å². The number of hydrogen-bond donors (Lipinski definition) is 0. The average molecular weight is 292 g/mol. The Labute approximate surface area is 131 Å². The van der Waals surface area contributed by atoms with E-state index in [2.05, 4.69) is 12.7 Å². The summed E-state index contributed by atoms with van der Waals surface area (Å²) < 4.78 is 5.32. The van der Waals surface area contributed by atoms with E-state index in [9.17, 15) is 4.79 Å². The van der Waals surface area contributed by atoms with Gasteiger partial charge in [-0.2, -0.15) is 0 Å². The predicted molar refractivity (Wildman–Crippen MR) is 89.1 cm³/mol. The fraction of sp³-hybridized carbons (Fsp3) is 0.200. The van der Waals surface area contributed by atoms with E-state index in [0.29, 0.717) is 5.57 Å². The van der Waals surface area contributed by atoms with Gasteiger partial charge in [0.25, 0.3) is 0 Å². The lowest BCUT2D eigenvalue weighted by Crippen LogP contribution is -2.05. The summed E-state index contributed by atoms with van der Waals surface area (Å²) >= 11 is 0. The number of carbonyl (C=O) groups excluding carboxylic acids is 1. The SMILES string of the molecule is CCC(=C=C(C)C(=O)OCc1ccccc1)c1ccccc1. The number of benzene rings is 2. The number of carbonyl (C=O) groups is 1. The van der Waals surface area contributed by atoms with Crippen LogP contribution in [0.4, 0.5) is 0 Å². The summed E-state index contributed by atoms with van der Waals surface area (Å²) in [6.07, 6.45) is 0.813. The molecule has 2 nitrogen and oxygen atoms in total. The van der Waals surface area contributed by atoms with Crippen LogP contribution in [-0.4, -0.2) is 5.97 Å². The minimum atomic E-state index is -0.328. The Balaban J connectivity index is 2.12. The highest BCUT2D eigenvalue weighted by atomic mass is 16.5. The maximum atomic E-state index is 12.1.